The van der Waals surface area contributed by atoms with E-state index in [0.717, 1.165) is 12.1 Å². The van der Waals surface area contributed by atoms with Crippen LogP contribution in [0.5, 0.6) is 0 Å². The van der Waals surface area contributed by atoms with Crippen LogP contribution in [0.1, 0.15) is 20.7 Å². The maximum absolute atomic E-state index is 14.5. The fraction of sp³-hybridized carbons (Fsp3) is 0. The molecule has 142 valence electrons. The third-order valence-electron chi connectivity index (χ3n) is 4.27. The van der Waals surface area contributed by atoms with Crippen LogP contribution in [0.25, 0.3) is 22.3 Å². The summed E-state index contributed by atoms with van der Waals surface area (Å²) in [4.78, 5) is 22.8. The van der Waals surface area contributed by atoms with Gasteiger partial charge in [0.15, 0.2) is 11.6 Å². The van der Waals surface area contributed by atoms with Crippen molar-refractivity contribution in [1.29, 1.82) is 0 Å². The molecule has 6 nitrogen and oxygen atoms in total. The van der Waals surface area contributed by atoms with Gasteiger partial charge in [-0.25, -0.2) is 18.4 Å². The van der Waals surface area contributed by atoms with Gasteiger partial charge in [-0.15, -0.1) is 0 Å². The Bertz CT molecular complexity index is 1020. The smallest absolute Gasteiger partial charge is 0.336 e. The summed E-state index contributed by atoms with van der Waals surface area (Å²) in [5.74, 6) is -4.47. The second-order valence-corrected chi connectivity index (χ2v) is 5.97. The molecule has 0 aromatic heterocycles. The van der Waals surface area contributed by atoms with Crippen LogP contribution in [-0.4, -0.2) is 22.2 Å². The first kappa shape index (κ1) is 18.8. The minimum Gasteiger partial charge on any atom is -0.478 e. The zero-order valence-corrected chi connectivity index (χ0v) is 14.2. The summed E-state index contributed by atoms with van der Waals surface area (Å²) in [5.41, 5.74) is 9.99. The quantitative estimate of drug-likeness (QED) is 0.506. The predicted octanol–water partition coefficient (Wildman–Crippen LogP) is 3.86. The van der Waals surface area contributed by atoms with Crippen molar-refractivity contribution in [2.24, 2.45) is 0 Å². The second kappa shape index (κ2) is 6.99. The number of nitrogens with two attached hydrogens (primary N) is 2. The fourth-order valence-corrected chi connectivity index (χ4v) is 2.91. The number of nitrogen functional groups attached to an aromatic ring is 2. The van der Waals surface area contributed by atoms with Gasteiger partial charge < -0.3 is 21.7 Å². The fourth-order valence-electron chi connectivity index (χ4n) is 2.91. The number of carbonyl (C=O) groups is 2. The number of benzene rings is 3. The summed E-state index contributed by atoms with van der Waals surface area (Å²) in [6.07, 6.45) is 0. The Morgan fingerprint density at radius 1 is 0.643 bits per heavy atom. The first-order chi connectivity index (χ1) is 13.2. The van der Waals surface area contributed by atoms with Gasteiger partial charge in [-0.05, 0) is 35.4 Å². The lowest BCUT2D eigenvalue weighted by atomic mass is 9.93. The number of carboxylic acid groups (broad SMARTS) is 2. The Morgan fingerprint density at radius 3 is 1.25 bits per heavy atom. The van der Waals surface area contributed by atoms with Gasteiger partial charge in [0.25, 0.3) is 0 Å². The molecule has 6 N–H and O–H groups in total. The average molecular weight is 384 g/mol. The second-order valence-electron chi connectivity index (χ2n) is 5.97. The summed E-state index contributed by atoms with van der Waals surface area (Å²) >= 11 is 0. The van der Waals surface area contributed by atoms with E-state index in [1.54, 1.807) is 0 Å². The average Bonchev–Trinajstić information content (AvgIpc) is 2.65. The number of hydrogen-bond acceptors (Lipinski definition) is 4. The molecule has 0 aliphatic heterocycles. The van der Waals surface area contributed by atoms with Crippen LogP contribution in [0.3, 0.4) is 0 Å². The van der Waals surface area contributed by atoms with Crippen LogP contribution in [0.4, 0.5) is 20.2 Å². The molecule has 0 heterocycles. The molecule has 8 heteroatoms. The van der Waals surface area contributed by atoms with Crippen molar-refractivity contribution in [2.75, 3.05) is 11.5 Å². The zero-order chi connectivity index (χ0) is 20.6. The van der Waals surface area contributed by atoms with Crippen molar-refractivity contribution >= 4 is 23.3 Å². The lowest BCUT2D eigenvalue weighted by Gasteiger charge is -2.13. The summed E-state index contributed by atoms with van der Waals surface area (Å²) in [5, 5.41) is 18.6. The molecule has 3 aromatic carbocycles. The van der Waals surface area contributed by atoms with Crippen molar-refractivity contribution in [3.05, 3.63) is 71.3 Å². The monoisotopic (exact) mass is 384 g/mol. The number of halogens is 2. The molecule has 0 amide bonds. The molecule has 0 atom stereocenters. The van der Waals surface area contributed by atoms with E-state index in [-0.39, 0.29) is 44.8 Å². The van der Waals surface area contributed by atoms with E-state index in [4.69, 9.17) is 11.5 Å². The molecule has 0 bridgehead atoms. The molecular formula is C20H14F2N2O4. The molecule has 0 spiro atoms. The van der Waals surface area contributed by atoms with E-state index in [1.165, 1.54) is 36.4 Å². The van der Waals surface area contributed by atoms with Crippen molar-refractivity contribution in [1.82, 2.24) is 0 Å². The molecule has 28 heavy (non-hydrogen) atoms. The molecule has 0 saturated heterocycles. The third-order valence-corrected chi connectivity index (χ3v) is 4.27. The highest BCUT2D eigenvalue weighted by Crippen LogP contribution is 2.34. The molecule has 3 rings (SSSR count). The Labute approximate surface area is 157 Å². The standard InChI is InChI=1S/C20H14F2N2O4/c21-17-13(23)7-5-11(19(25)26)15(17)9-1-2-10(4-3-9)16-12(20(27)28)6-8-14(24)18(16)22/h1-8H,23-24H2,(H,25,26)(H,27,28). The van der Waals surface area contributed by atoms with E-state index in [0.29, 0.717) is 0 Å². The molecule has 0 saturated carbocycles. The highest BCUT2D eigenvalue weighted by Gasteiger charge is 2.21. The highest BCUT2D eigenvalue weighted by molar-refractivity contribution is 5.99. The van der Waals surface area contributed by atoms with Gasteiger partial charge in [0, 0.05) is 11.1 Å². The third kappa shape index (κ3) is 3.11. The number of carboxylic acids is 2. The predicted molar refractivity (Wildman–Crippen MR) is 100.0 cm³/mol. The Hall–Kier alpha value is -3.94. The van der Waals surface area contributed by atoms with Gasteiger partial charge in [-0.1, -0.05) is 24.3 Å². The maximum atomic E-state index is 14.5. The largest absolute Gasteiger partial charge is 0.478 e. The summed E-state index contributed by atoms with van der Waals surface area (Å²) in [6, 6.07) is 10.1. The topological polar surface area (TPSA) is 127 Å². The first-order valence-electron chi connectivity index (χ1n) is 7.95. The van der Waals surface area contributed by atoms with Crippen molar-refractivity contribution < 1.29 is 28.6 Å². The van der Waals surface area contributed by atoms with E-state index < -0.39 is 23.6 Å². The van der Waals surface area contributed by atoms with Crippen LogP contribution < -0.4 is 11.5 Å². The Morgan fingerprint density at radius 2 is 0.964 bits per heavy atom. The van der Waals surface area contributed by atoms with Gasteiger partial charge in [0.2, 0.25) is 0 Å². The molecule has 0 aliphatic rings. The highest BCUT2D eigenvalue weighted by atomic mass is 19.1. The van der Waals surface area contributed by atoms with Crippen LogP contribution in [0.2, 0.25) is 0 Å². The van der Waals surface area contributed by atoms with Gasteiger partial charge >= 0.3 is 11.9 Å². The van der Waals surface area contributed by atoms with E-state index in [2.05, 4.69) is 0 Å². The lowest BCUT2D eigenvalue weighted by molar-refractivity contribution is 0.0686. The van der Waals surface area contributed by atoms with E-state index in [1.807, 2.05) is 0 Å². The number of rotatable bonds is 4. The normalized spacial score (nSPS) is 10.6. The van der Waals surface area contributed by atoms with Crippen LogP contribution in [0, 0.1) is 11.6 Å². The van der Waals surface area contributed by atoms with Gasteiger partial charge in [0.05, 0.1) is 22.5 Å². The molecule has 0 aliphatic carbocycles. The Kier molecular flexibility index (Phi) is 4.70. The van der Waals surface area contributed by atoms with Crippen LogP contribution in [-0.2, 0) is 0 Å². The summed E-state index contributed by atoms with van der Waals surface area (Å²) in [7, 11) is 0. The number of aromatic carboxylic acids is 2. The van der Waals surface area contributed by atoms with Gasteiger partial charge in [0.1, 0.15) is 0 Å². The first-order valence-corrected chi connectivity index (χ1v) is 7.95. The SMILES string of the molecule is Nc1ccc(C(=O)O)c(-c2ccc(-c3c(C(=O)O)ccc(N)c3F)cc2)c1F. The minimum absolute atomic E-state index is 0.187. The van der Waals surface area contributed by atoms with E-state index in [9.17, 15) is 28.6 Å². The number of hydrogen-bond donors (Lipinski definition) is 4. The van der Waals surface area contributed by atoms with Crippen molar-refractivity contribution in [3.8, 4) is 22.3 Å². The van der Waals surface area contributed by atoms with Crippen LogP contribution in [0.15, 0.2) is 48.5 Å². The van der Waals surface area contributed by atoms with E-state index >= 15 is 0 Å². The lowest BCUT2D eigenvalue weighted by Crippen LogP contribution is -2.05. The molecular weight excluding hydrogens is 370 g/mol. The maximum Gasteiger partial charge on any atom is 0.336 e. The van der Waals surface area contributed by atoms with Crippen molar-refractivity contribution in [2.45, 2.75) is 0 Å². The number of anilines is 2. The van der Waals surface area contributed by atoms with Gasteiger partial charge in [-0.2, -0.15) is 0 Å². The summed E-state index contributed by atoms with van der Waals surface area (Å²) in [6.45, 7) is 0. The van der Waals surface area contributed by atoms with Gasteiger partial charge in [-0.3, -0.25) is 0 Å². The summed E-state index contributed by atoms with van der Waals surface area (Å²) < 4.78 is 29.0. The molecule has 3 aromatic rings. The zero-order valence-electron chi connectivity index (χ0n) is 14.2. The molecule has 0 unspecified atom stereocenters. The molecule has 0 radical (unpaired) electrons. The molecule has 0 fully saturated rings. The minimum atomic E-state index is -1.34. The van der Waals surface area contributed by atoms with Crippen LogP contribution >= 0.6 is 0 Å². The van der Waals surface area contributed by atoms with Crippen molar-refractivity contribution in [3.63, 3.8) is 0 Å². The Balaban J connectivity index is 2.18.